The molecule has 1 fully saturated rings. The SMILES string of the molecule is Fc1ccc(C(Nc2ncccn2)C2CCN(CCCOc3ccccc3)CC2)cc1. The molecule has 0 spiro atoms. The number of piperidine rings is 1. The highest BCUT2D eigenvalue weighted by Crippen LogP contribution is 2.33. The zero-order chi connectivity index (χ0) is 21.3. The summed E-state index contributed by atoms with van der Waals surface area (Å²) in [5.74, 6) is 1.76. The predicted octanol–water partition coefficient (Wildman–Crippen LogP) is 4.95. The van der Waals surface area contributed by atoms with Crippen LogP contribution in [0.25, 0.3) is 0 Å². The van der Waals surface area contributed by atoms with Gasteiger partial charge in [0.1, 0.15) is 11.6 Å². The van der Waals surface area contributed by atoms with Gasteiger partial charge >= 0.3 is 0 Å². The van der Waals surface area contributed by atoms with Crippen LogP contribution in [0, 0.1) is 11.7 Å². The van der Waals surface area contributed by atoms with Gasteiger partial charge in [-0.05, 0) is 74.2 Å². The number of rotatable bonds is 9. The van der Waals surface area contributed by atoms with E-state index in [0.717, 1.165) is 56.8 Å². The lowest BCUT2D eigenvalue weighted by Crippen LogP contribution is -2.38. The number of hydrogen-bond donors (Lipinski definition) is 1. The van der Waals surface area contributed by atoms with E-state index in [1.54, 1.807) is 18.5 Å². The molecule has 0 amide bonds. The van der Waals surface area contributed by atoms with Crippen molar-refractivity contribution < 1.29 is 9.13 Å². The first kappa shape index (κ1) is 21.2. The standard InChI is InChI=1S/C25H29FN4O/c26-22-10-8-20(9-11-22)24(29-25-27-14-4-15-28-25)21-12-17-30(18-13-21)16-5-19-31-23-6-2-1-3-7-23/h1-4,6-11,14-15,21,24H,5,12-13,16-19H2,(H,27,28,29). The average Bonchev–Trinajstić information content (AvgIpc) is 2.83. The van der Waals surface area contributed by atoms with Crippen molar-refractivity contribution in [2.75, 3.05) is 31.6 Å². The molecule has 3 aromatic rings. The van der Waals surface area contributed by atoms with Gasteiger partial charge in [0.05, 0.1) is 12.6 Å². The Balaban J connectivity index is 1.30. The molecule has 0 saturated carbocycles. The molecule has 4 rings (SSSR count). The molecule has 1 aliphatic rings. The van der Waals surface area contributed by atoms with E-state index in [1.165, 1.54) is 12.1 Å². The van der Waals surface area contributed by atoms with Crippen LogP contribution in [0.5, 0.6) is 5.75 Å². The van der Waals surface area contributed by atoms with E-state index in [2.05, 4.69) is 20.2 Å². The number of para-hydroxylation sites is 1. The normalized spacial score (nSPS) is 16.0. The fourth-order valence-corrected chi connectivity index (χ4v) is 4.16. The van der Waals surface area contributed by atoms with Gasteiger partial charge in [-0.25, -0.2) is 14.4 Å². The summed E-state index contributed by atoms with van der Waals surface area (Å²) in [5, 5.41) is 3.49. The summed E-state index contributed by atoms with van der Waals surface area (Å²) in [4.78, 5) is 11.2. The van der Waals surface area contributed by atoms with Crippen LogP contribution in [0.2, 0.25) is 0 Å². The minimum atomic E-state index is -0.217. The van der Waals surface area contributed by atoms with Crippen LogP contribution >= 0.6 is 0 Å². The van der Waals surface area contributed by atoms with Crippen LogP contribution < -0.4 is 10.1 Å². The largest absolute Gasteiger partial charge is 0.494 e. The van der Waals surface area contributed by atoms with Crippen molar-refractivity contribution in [3.63, 3.8) is 0 Å². The molecule has 31 heavy (non-hydrogen) atoms. The van der Waals surface area contributed by atoms with E-state index in [9.17, 15) is 4.39 Å². The second kappa shape index (κ2) is 10.9. The number of benzene rings is 2. The molecule has 1 unspecified atom stereocenters. The van der Waals surface area contributed by atoms with E-state index in [0.29, 0.717) is 11.9 Å². The zero-order valence-electron chi connectivity index (χ0n) is 17.7. The van der Waals surface area contributed by atoms with Crippen LogP contribution in [0.15, 0.2) is 73.1 Å². The molecule has 0 aliphatic carbocycles. The number of nitrogens with one attached hydrogen (secondary N) is 1. The molecule has 6 heteroatoms. The fourth-order valence-electron chi connectivity index (χ4n) is 4.16. The zero-order valence-corrected chi connectivity index (χ0v) is 17.7. The van der Waals surface area contributed by atoms with Gasteiger partial charge < -0.3 is 15.0 Å². The molecule has 0 radical (unpaired) electrons. The number of aromatic nitrogens is 2. The van der Waals surface area contributed by atoms with Crippen LogP contribution in [-0.2, 0) is 0 Å². The Bertz CT molecular complexity index is 900. The summed E-state index contributed by atoms with van der Waals surface area (Å²) >= 11 is 0. The molecular formula is C25H29FN4O. The minimum absolute atomic E-state index is 0.0616. The molecule has 2 aromatic carbocycles. The highest BCUT2D eigenvalue weighted by Gasteiger charge is 2.28. The first-order valence-electron chi connectivity index (χ1n) is 11.0. The van der Waals surface area contributed by atoms with Crippen LogP contribution in [0.3, 0.4) is 0 Å². The van der Waals surface area contributed by atoms with E-state index < -0.39 is 0 Å². The van der Waals surface area contributed by atoms with Crippen molar-refractivity contribution in [2.24, 2.45) is 5.92 Å². The number of halogens is 1. The van der Waals surface area contributed by atoms with Gasteiger partial charge in [-0.3, -0.25) is 0 Å². The molecule has 1 aliphatic heterocycles. The van der Waals surface area contributed by atoms with Gasteiger partial charge in [-0.1, -0.05) is 30.3 Å². The molecule has 0 bridgehead atoms. The number of likely N-dealkylation sites (tertiary alicyclic amines) is 1. The monoisotopic (exact) mass is 420 g/mol. The van der Waals surface area contributed by atoms with E-state index in [-0.39, 0.29) is 11.9 Å². The van der Waals surface area contributed by atoms with Crippen LogP contribution in [-0.4, -0.2) is 41.1 Å². The molecule has 1 atom stereocenters. The first-order chi connectivity index (χ1) is 15.3. The fraction of sp³-hybridized carbons (Fsp3) is 0.360. The lowest BCUT2D eigenvalue weighted by atomic mass is 9.85. The minimum Gasteiger partial charge on any atom is -0.494 e. The molecule has 1 aromatic heterocycles. The predicted molar refractivity (Wildman–Crippen MR) is 121 cm³/mol. The van der Waals surface area contributed by atoms with Crippen molar-refractivity contribution in [3.8, 4) is 5.75 Å². The Hall–Kier alpha value is -2.99. The Kier molecular flexibility index (Phi) is 7.45. The second-order valence-electron chi connectivity index (χ2n) is 7.94. The Labute approximate surface area is 183 Å². The molecule has 1 saturated heterocycles. The summed E-state index contributed by atoms with van der Waals surface area (Å²) < 4.78 is 19.3. The van der Waals surface area contributed by atoms with E-state index in [1.807, 2.05) is 42.5 Å². The van der Waals surface area contributed by atoms with E-state index in [4.69, 9.17) is 4.74 Å². The topological polar surface area (TPSA) is 50.3 Å². The number of hydrogen-bond acceptors (Lipinski definition) is 5. The number of anilines is 1. The number of ether oxygens (including phenoxy) is 1. The third kappa shape index (κ3) is 6.25. The summed E-state index contributed by atoms with van der Waals surface area (Å²) in [7, 11) is 0. The van der Waals surface area contributed by atoms with Crippen molar-refractivity contribution >= 4 is 5.95 Å². The second-order valence-corrected chi connectivity index (χ2v) is 7.94. The lowest BCUT2D eigenvalue weighted by molar-refractivity contribution is 0.161. The van der Waals surface area contributed by atoms with E-state index >= 15 is 0 Å². The van der Waals surface area contributed by atoms with Crippen molar-refractivity contribution in [2.45, 2.75) is 25.3 Å². The van der Waals surface area contributed by atoms with Crippen molar-refractivity contribution in [1.29, 1.82) is 0 Å². The molecule has 162 valence electrons. The maximum atomic E-state index is 13.5. The van der Waals surface area contributed by atoms with Gasteiger partial charge in [0.15, 0.2) is 0 Å². The Morgan fingerprint density at radius 3 is 2.39 bits per heavy atom. The van der Waals surface area contributed by atoms with Gasteiger partial charge in [-0.2, -0.15) is 0 Å². The lowest BCUT2D eigenvalue weighted by Gasteiger charge is -2.36. The highest BCUT2D eigenvalue weighted by atomic mass is 19.1. The van der Waals surface area contributed by atoms with Crippen molar-refractivity contribution in [3.05, 3.63) is 84.4 Å². The molecule has 1 N–H and O–H groups in total. The highest BCUT2D eigenvalue weighted by molar-refractivity contribution is 5.32. The Morgan fingerprint density at radius 1 is 0.968 bits per heavy atom. The van der Waals surface area contributed by atoms with Gasteiger partial charge in [0, 0.05) is 18.9 Å². The third-order valence-corrected chi connectivity index (χ3v) is 5.81. The first-order valence-corrected chi connectivity index (χ1v) is 11.0. The summed E-state index contributed by atoms with van der Waals surface area (Å²) in [6.07, 6.45) is 6.62. The van der Waals surface area contributed by atoms with Crippen LogP contribution in [0.4, 0.5) is 10.3 Å². The summed E-state index contributed by atoms with van der Waals surface area (Å²) in [5.41, 5.74) is 1.07. The van der Waals surface area contributed by atoms with Crippen molar-refractivity contribution in [1.82, 2.24) is 14.9 Å². The number of nitrogens with zero attached hydrogens (tertiary/aromatic N) is 3. The Morgan fingerprint density at radius 2 is 1.68 bits per heavy atom. The maximum Gasteiger partial charge on any atom is 0.223 e. The molecule has 2 heterocycles. The van der Waals surface area contributed by atoms with Gasteiger partial charge in [0.25, 0.3) is 0 Å². The quantitative estimate of drug-likeness (QED) is 0.497. The van der Waals surface area contributed by atoms with Crippen LogP contribution in [0.1, 0.15) is 30.9 Å². The van der Waals surface area contributed by atoms with Gasteiger partial charge in [-0.15, -0.1) is 0 Å². The average molecular weight is 421 g/mol. The summed E-state index contributed by atoms with van der Waals surface area (Å²) in [6.45, 7) is 3.86. The molecule has 5 nitrogen and oxygen atoms in total. The smallest absolute Gasteiger partial charge is 0.223 e. The maximum absolute atomic E-state index is 13.5. The molecular weight excluding hydrogens is 391 g/mol. The summed E-state index contributed by atoms with van der Waals surface area (Å²) in [6, 6.07) is 18.6. The van der Waals surface area contributed by atoms with Gasteiger partial charge in [0.2, 0.25) is 5.95 Å². The third-order valence-electron chi connectivity index (χ3n) is 5.81.